The van der Waals surface area contributed by atoms with Crippen LogP contribution in [-0.2, 0) is 38.6 Å². The topological polar surface area (TPSA) is 130 Å². The molecule has 1 aliphatic carbocycles. The van der Waals surface area contributed by atoms with Crippen LogP contribution in [0, 0.1) is 0 Å². The maximum Gasteiger partial charge on any atom is 0.430 e. The fourth-order valence-corrected chi connectivity index (χ4v) is 4.58. The van der Waals surface area contributed by atoms with Gasteiger partial charge < -0.3 is 23.7 Å². The normalized spacial score (nSPS) is 15.6. The van der Waals surface area contributed by atoms with Gasteiger partial charge in [-0.25, -0.2) is 19.8 Å². The maximum absolute atomic E-state index is 14.3. The summed E-state index contributed by atoms with van der Waals surface area (Å²) in [6.45, 7) is 4.52. The predicted octanol–water partition coefficient (Wildman–Crippen LogP) is 5.00. The Morgan fingerprint density at radius 2 is 1.37 bits per heavy atom. The Kier molecular flexibility index (Phi) is 9.23. The number of fused-ring (bicyclic) bond motifs is 1. The Hall–Kier alpha value is -5.06. The molecule has 0 radical (unpaired) electrons. The largest absolute Gasteiger partial charge is 0.493 e. The minimum Gasteiger partial charge on any atom is -0.493 e. The van der Waals surface area contributed by atoms with E-state index in [9.17, 15) is 19.2 Å². The Morgan fingerprint density at radius 1 is 0.837 bits per heavy atom. The van der Waals surface area contributed by atoms with Gasteiger partial charge >= 0.3 is 18.2 Å². The van der Waals surface area contributed by atoms with E-state index in [1.165, 1.54) is 20.3 Å². The zero-order valence-corrected chi connectivity index (χ0v) is 24.7. The SMILES string of the molecule is COc1cc2c(cc1OC)C(=O)[C@@](C(=O)OC(C)(C)C)(N(NC(=O)OCc1ccccc1)C(=O)OCc1ccccc1)C2. The quantitative estimate of drug-likeness (QED) is 0.167. The number of amides is 2. The summed E-state index contributed by atoms with van der Waals surface area (Å²) >= 11 is 0. The van der Waals surface area contributed by atoms with Crippen molar-refractivity contribution in [1.29, 1.82) is 0 Å². The molecule has 4 rings (SSSR count). The van der Waals surface area contributed by atoms with E-state index in [4.69, 9.17) is 23.7 Å². The van der Waals surface area contributed by atoms with Gasteiger partial charge in [0.15, 0.2) is 11.5 Å². The highest BCUT2D eigenvalue weighted by atomic mass is 16.6. The lowest BCUT2D eigenvalue weighted by Crippen LogP contribution is -2.68. The van der Waals surface area contributed by atoms with Crippen molar-refractivity contribution in [2.45, 2.75) is 51.5 Å². The summed E-state index contributed by atoms with van der Waals surface area (Å²) in [7, 11) is 2.84. The highest BCUT2D eigenvalue weighted by molar-refractivity contribution is 6.21. The number of ketones is 1. The van der Waals surface area contributed by atoms with Gasteiger partial charge in [0.1, 0.15) is 18.8 Å². The van der Waals surface area contributed by atoms with Crippen LogP contribution in [0.2, 0.25) is 0 Å². The number of nitrogens with one attached hydrogen (secondary N) is 1. The lowest BCUT2D eigenvalue weighted by Gasteiger charge is -2.37. The molecule has 11 nitrogen and oxygen atoms in total. The summed E-state index contributed by atoms with van der Waals surface area (Å²) in [6, 6.07) is 20.6. The summed E-state index contributed by atoms with van der Waals surface area (Å²) in [6.07, 6.45) is -2.62. The van der Waals surface area contributed by atoms with Crippen LogP contribution < -0.4 is 14.9 Å². The molecular formula is C32H34N2O9. The van der Waals surface area contributed by atoms with Gasteiger partial charge in [-0.15, -0.1) is 0 Å². The van der Waals surface area contributed by atoms with Crippen molar-refractivity contribution in [3.8, 4) is 11.5 Å². The van der Waals surface area contributed by atoms with Gasteiger partial charge in [0, 0.05) is 12.0 Å². The maximum atomic E-state index is 14.3. The second kappa shape index (κ2) is 12.8. The van der Waals surface area contributed by atoms with Crippen LogP contribution in [0.1, 0.15) is 47.8 Å². The van der Waals surface area contributed by atoms with E-state index in [0.29, 0.717) is 27.4 Å². The molecule has 1 atom stereocenters. The number of Topliss-reactive ketones (excluding diaryl/α,β-unsaturated/α-hetero) is 1. The molecule has 0 saturated heterocycles. The number of carbonyl (C=O) groups is 4. The fraction of sp³-hybridized carbons (Fsp3) is 0.312. The smallest absolute Gasteiger partial charge is 0.430 e. The molecule has 1 N–H and O–H groups in total. The van der Waals surface area contributed by atoms with Crippen LogP contribution in [-0.4, -0.2) is 54.3 Å². The second-order valence-electron chi connectivity index (χ2n) is 10.8. The number of benzene rings is 3. The van der Waals surface area contributed by atoms with E-state index in [1.54, 1.807) is 81.4 Å². The molecule has 3 aromatic rings. The molecule has 0 saturated carbocycles. The van der Waals surface area contributed by atoms with E-state index in [-0.39, 0.29) is 30.9 Å². The number of hydrazine groups is 1. The van der Waals surface area contributed by atoms with Gasteiger partial charge in [-0.2, -0.15) is 5.01 Å². The molecule has 3 aromatic carbocycles. The molecule has 0 aliphatic heterocycles. The second-order valence-corrected chi connectivity index (χ2v) is 10.8. The number of hydrogen-bond donors (Lipinski definition) is 1. The highest BCUT2D eigenvalue weighted by Crippen LogP contribution is 2.42. The fourth-order valence-electron chi connectivity index (χ4n) is 4.58. The first-order chi connectivity index (χ1) is 20.5. The molecule has 11 heteroatoms. The van der Waals surface area contributed by atoms with Crippen molar-refractivity contribution in [3.63, 3.8) is 0 Å². The van der Waals surface area contributed by atoms with Crippen molar-refractivity contribution in [2.24, 2.45) is 0 Å². The Bertz CT molecular complexity index is 1490. The monoisotopic (exact) mass is 590 g/mol. The van der Waals surface area contributed by atoms with Gasteiger partial charge in [0.25, 0.3) is 0 Å². The van der Waals surface area contributed by atoms with Crippen molar-refractivity contribution >= 4 is 23.9 Å². The van der Waals surface area contributed by atoms with Gasteiger partial charge in [-0.3, -0.25) is 4.79 Å². The molecule has 0 fully saturated rings. The van der Waals surface area contributed by atoms with Gasteiger partial charge in [0.05, 0.1) is 14.2 Å². The minimum absolute atomic E-state index is 0.0869. The predicted molar refractivity (Wildman–Crippen MR) is 154 cm³/mol. The summed E-state index contributed by atoms with van der Waals surface area (Å²) in [5, 5.41) is 0.568. The molecule has 0 unspecified atom stereocenters. The average Bonchev–Trinajstić information content (AvgIpc) is 3.28. The molecule has 2 amide bonds. The van der Waals surface area contributed by atoms with Crippen molar-refractivity contribution in [3.05, 3.63) is 95.1 Å². The van der Waals surface area contributed by atoms with Gasteiger partial charge in [-0.05, 0) is 49.6 Å². The van der Waals surface area contributed by atoms with Crippen LogP contribution in [0.4, 0.5) is 9.59 Å². The summed E-state index contributed by atoms with van der Waals surface area (Å²) in [5.41, 5.74) is 0.653. The Balaban J connectivity index is 1.76. The van der Waals surface area contributed by atoms with Crippen LogP contribution >= 0.6 is 0 Å². The van der Waals surface area contributed by atoms with Crippen LogP contribution in [0.15, 0.2) is 72.8 Å². The molecule has 0 spiro atoms. The minimum atomic E-state index is -2.38. The van der Waals surface area contributed by atoms with Gasteiger partial charge in [-0.1, -0.05) is 60.7 Å². The number of rotatable bonds is 8. The van der Waals surface area contributed by atoms with Crippen LogP contribution in [0.3, 0.4) is 0 Å². The summed E-state index contributed by atoms with van der Waals surface area (Å²) in [5.74, 6) is -1.33. The number of esters is 1. The van der Waals surface area contributed by atoms with Gasteiger partial charge in [0.2, 0.25) is 11.3 Å². The molecular weight excluding hydrogens is 556 g/mol. The first kappa shape index (κ1) is 30.9. The Morgan fingerprint density at radius 3 is 1.91 bits per heavy atom. The molecule has 1 aliphatic rings. The van der Waals surface area contributed by atoms with E-state index in [0.717, 1.165) is 0 Å². The molecule has 43 heavy (non-hydrogen) atoms. The third-order valence-electron chi connectivity index (χ3n) is 6.60. The van der Waals surface area contributed by atoms with Crippen LogP contribution in [0.25, 0.3) is 0 Å². The zero-order valence-electron chi connectivity index (χ0n) is 24.7. The lowest BCUT2D eigenvalue weighted by atomic mass is 9.93. The standard InChI is InChI=1S/C32H34N2O9/c1-31(2,3)43-28(36)32(18-23-16-25(39-4)26(40-5)17-24(23)27(32)35)34(30(38)42-20-22-14-10-7-11-15-22)33-29(37)41-19-21-12-8-6-9-13-21/h6-17H,18-20H2,1-5H3,(H,33,37)/t32-/m0/s1. The number of hydrogen-bond acceptors (Lipinski definition) is 9. The summed E-state index contributed by atoms with van der Waals surface area (Å²) in [4.78, 5) is 55.1. The molecule has 226 valence electrons. The summed E-state index contributed by atoms with van der Waals surface area (Å²) < 4.78 is 27.3. The first-order valence-corrected chi connectivity index (χ1v) is 13.5. The van der Waals surface area contributed by atoms with Crippen LogP contribution in [0.5, 0.6) is 11.5 Å². The number of nitrogens with zero attached hydrogens (tertiary/aromatic N) is 1. The van der Waals surface area contributed by atoms with Crippen molar-refractivity contribution < 1.29 is 42.9 Å². The first-order valence-electron chi connectivity index (χ1n) is 13.5. The highest BCUT2D eigenvalue weighted by Gasteiger charge is 2.61. The molecule has 0 aromatic heterocycles. The van der Waals surface area contributed by atoms with E-state index >= 15 is 0 Å². The van der Waals surface area contributed by atoms with Crippen molar-refractivity contribution in [2.75, 3.05) is 14.2 Å². The third kappa shape index (κ3) is 6.88. The average molecular weight is 591 g/mol. The number of ether oxygens (including phenoxy) is 5. The third-order valence-corrected chi connectivity index (χ3v) is 6.60. The van der Waals surface area contributed by atoms with E-state index < -0.39 is 35.1 Å². The lowest BCUT2D eigenvalue weighted by molar-refractivity contribution is -0.166. The van der Waals surface area contributed by atoms with Crippen molar-refractivity contribution in [1.82, 2.24) is 10.4 Å². The zero-order chi connectivity index (χ0) is 31.2. The van der Waals surface area contributed by atoms with E-state index in [2.05, 4.69) is 5.43 Å². The number of carbonyl (C=O) groups excluding carboxylic acids is 4. The number of methoxy groups -OCH3 is 2. The Labute approximate surface area is 249 Å². The van der Waals surface area contributed by atoms with E-state index in [1.807, 2.05) is 6.07 Å². The molecule has 0 heterocycles. The molecule has 0 bridgehead atoms.